The van der Waals surface area contributed by atoms with Crippen molar-refractivity contribution in [2.75, 3.05) is 6.26 Å². The van der Waals surface area contributed by atoms with Gasteiger partial charge in [0.05, 0.1) is 19.5 Å². The van der Waals surface area contributed by atoms with Gasteiger partial charge in [-0.3, -0.25) is 14.7 Å². The van der Waals surface area contributed by atoms with Crippen molar-refractivity contribution in [2.24, 2.45) is 0 Å². The predicted octanol–water partition coefficient (Wildman–Crippen LogP) is 4.68. The molecular formula is C21H23N3O7S2. The van der Waals surface area contributed by atoms with Crippen molar-refractivity contribution >= 4 is 25.5 Å². The molecule has 1 aromatic heterocycles. The van der Waals surface area contributed by atoms with E-state index in [1.54, 1.807) is 38.1 Å². The molecule has 12 heteroatoms. The lowest BCUT2D eigenvalue weighted by atomic mass is 10.1. The van der Waals surface area contributed by atoms with Gasteiger partial charge < -0.3 is 4.74 Å². The van der Waals surface area contributed by atoms with E-state index in [-0.39, 0.29) is 16.5 Å². The molecule has 2 aromatic carbocycles. The number of nitro groups is 1. The number of nitrogens with one attached hydrogen (secondary N) is 1. The molecular weight excluding hydrogens is 470 g/mol. The highest BCUT2D eigenvalue weighted by atomic mass is 32.2. The van der Waals surface area contributed by atoms with Crippen LogP contribution in [0.15, 0.2) is 64.5 Å². The van der Waals surface area contributed by atoms with E-state index in [1.807, 2.05) is 6.92 Å². The molecule has 3 rings (SSSR count). The second-order valence-electron chi connectivity index (χ2n) is 7.23. The Hall–Kier alpha value is -3.35. The molecule has 0 aliphatic rings. The van der Waals surface area contributed by atoms with Crippen molar-refractivity contribution in [1.82, 2.24) is 4.98 Å². The highest BCUT2D eigenvalue weighted by molar-refractivity contribution is 7.91. The van der Waals surface area contributed by atoms with Crippen molar-refractivity contribution in [3.8, 4) is 11.6 Å². The van der Waals surface area contributed by atoms with Gasteiger partial charge in [-0.1, -0.05) is 17.7 Å². The van der Waals surface area contributed by atoms with Crippen LogP contribution in [0.25, 0.3) is 0 Å². The summed E-state index contributed by atoms with van der Waals surface area (Å²) < 4.78 is 55.1. The minimum absolute atomic E-state index is 0.0260. The van der Waals surface area contributed by atoms with E-state index in [4.69, 9.17) is 14.1 Å². The maximum absolute atomic E-state index is 11.5. The normalized spacial score (nSPS) is 12.8. The fraction of sp³-hybridized carbons (Fsp3) is 0.190. The van der Waals surface area contributed by atoms with Crippen molar-refractivity contribution in [1.29, 1.82) is 4.78 Å². The lowest BCUT2D eigenvalue weighted by Gasteiger charge is -2.07. The van der Waals surface area contributed by atoms with E-state index in [9.17, 15) is 22.7 Å². The van der Waals surface area contributed by atoms with E-state index in [0.29, 0.717) is 21.8 Å². The molecule has 0 fully saturated rings. The summed E-state index contributed by atoms with van der Waals surface area (Å²) in [5, 5.41) is 10.5. The number of rotatable bonds is 5. The zero-order valence-corrected chi connectivity index (χ0v) is 19.9. The van der Waals surface area contributed by atoms with Crippen LogP contribution in [0.3, 0.4) is 0 Å². The van der Waals surface area contributed by atoms with Crippen LogP contribution in [0.1, 0.15) is 16.7 Å². The van der Waals surface area contributed by atoms with Crippen molar-refractivity contribution in [2.45, 2.75) is 30.6 Å². The van der Waals surface area contributed by atoms with Gasteiger partial charge in [-0.05, 0) is 56.2 Å². The maximum Gasteiger partial charge on any atom is 0.295 e. The summed E-state index contributed by atoms with van der Waals surface area (Å²) in [5.74, 6) is 0.658. The minimum atomic E-state index is -4.08. The van der Waals surface area contributed by atoms with Gasteiger partial charge in [-0.2, -0.15) is 8.42 Å². The van der Waals surface area contributed by atoms with Crippen LogP contribution in [-0.2, 0) is 19.8 Å². The lowest BCUT2D eigenvalue weighted by Crippen LogP contribution is -2.04. The van der Waals surface area contributed by atoms with Gasteiger partial charge in [-0.25, -0.2) is 14.0 Å². The Balaban J connectivity index is 0.000000257. The second kappa shape index (κ2) is 10.1. The summed E-state index contributed by atoms with van der Waals surface area (Å²) in [4.78, 5) is 14.2. The molecule has 1 unspecified atom stereocenters. The topological polar surface area (TPSA) is 161 Å². The third-order valence-corrected chi connectivity index (χ3v) is 6.62. The van der Waals surface area contributed by atoms with Gasteiger partial charge in [0.2, 0.25) is 5.88 Å². The van der Waals surface area contributed by atoms with Crippen molar-refractivity contribution < 1.29 is 26.8 Å². The van der Waals surface area contributed by atoms with Crippen LogP contribution in [0, 0.1) is 35.7 Å². The van der Waals surface area contributed by atoms with Crippen LogP contribution >= 0.6 is 0 Å². The van der Waals surface area contributed by atoms with Crippen LogP contribution in [-0.4, -0.2) is 33.3 Å². The van der Waals surface area contributed by atoms with Crippen LogP contribution < -0.4 is 4.74 Å². The third kappa shape index (κ3) is 7.34. The van der Waals surface area contributed by atoms with Gasteiger partial charge in [0, 0.05) is 23.3 Å². The zero-order valence-electron chi connectivity index (χ0n) is 18.3. The first-order chi connectivity index (χ1) is 15.2. The molecule has 0 spiro atoms. The zero-order chi connectivity index (χ0) is 25.0. The Morgan fingerprint density at radius 1 is 1.00 bits per heavy atom. The molecule has 1 atom stereocenters. The van der Waals surface area contributed by atoms with Crippen molar-refractivity contribution in [3.63, 3.8) is 0 Å². The van der Waals surface area contributed by atoms with E-state index < -0.39 is 24.8 Å². The molecule has 10 nitrogen and oxygen atoms in total. The molecule has 2 N–H and O–H groups in total. The molecule has 0 saturated carbocycles. The Labute approximate surface area is 192 Å². The fourth-order valence-electron chi connectivity index (χ4n) is 3.00. The number of hydrogen-bond acceptors (Lipinski definition) is 8. The molecule has 33 heavy (non-hydrogen) atoms. The Morgan fingerprint density at radius 3 is 1.94 bits per heavy atom. The summed E-state index contributed by atoms with van der Waals surface area (Å²) in [6.07, 6.45) is 2.44. The molecule has 0 saturated heterocycles. The molecule has 0 radical (unpaired) electrons. The minimum Gasteiger partial charge on any atom is -0.439 e. The average Bonchev–Trinajstić information content (AvgIpc) is 2.66. The molecule has 176 valence electrons. The van der Waals surface area contributed by atoms with E-state index in [2.05, 4.69) is 4.98 Å². The molecule has 0 aliphatic heterocycles. The Kier molecular flexibility index (Phi) is 7.90. The SMILES string of the molecule is CS(=N)(=O)c1ccc(Oc2ccc([N+](=O)[O-])cn2)cc1.Cc1cc(C)c(S(=O)(=O)O)c(C)c1. The predicted molar refractivity (Wildman–Crippen MR) is 123 cm³/mol. The number of aryl methyl sites for hydroxylation is 3. The largest absolute Gasteiger partial charge is 0.439 e. The van der Waals surface area contributed by atoms with Gasteiger partial charge in [0.25, 0.3) is 15.8 Å². The summed E-state index contributed by atoms with van der Waals surface area (Å²) in [6.45, 7) is 5.22. The lowest BCUT2D eigenvalue weighted by molar-refractivity contribution is -0.385. The van der Waals surface area contributed by atoms with Crippen LogP contribution in [0.5, 0.6) is 11.6 Å². The maximum atomic E-state index is 11.5. The standard InChI is InChI=1S/C12H11N3O4S.C9H12O3S/c1-20(13,18)11-5-3-10(4-6-11)19-12-7-2-9(8-14-12)15(16)17;1-6-4-7(2)9(8(3)5-6)13(10,11)12/h2-8,13H,1H3;4-5H,1-3H3,(H,10,11,12). The fourth-order valence-corrected chi connectivity index (χ4v) is 4.59. The number of aromatic nitrogens is 1. The van der Waals surface area contributed by atoms with Crippen molar-refractivity contribution in [3.05, 3.63) is 81.5 Å². The highest BCUT2D eigenvalue weighted by Crippen LogP contribution is 2.23. The van der Waals surface area contributed by atoms with Gasteiger partial charge >= 0.3 is 0 Å². The van der Waals surface area contributed by atoms with Crippen LogP contribution in [0.4, 0.5) is 5.69 Å². The van der Waals surface area contributed by atoms with Gasteiger partial charge in [-0.15, -0.1) is 0 Å². The molecule has 0 aliphatic carbocycles. The number of ether oxygens (including phenoxy) is 1. The first-order valence-electron chi connectivity index (χ1n) is 9.36. The number of benzene rings is 2. The molecule has 1 heterocycles. The number of hydrogen-bond donors (Lipinski definition) is 2. The average molecular weight is 494 g/mol. The molecule has 0 amide bonds. The quantitative estimate of drug-likeness (QED) is 0.294. The van der Waals surface area contributed by atoms with E-state index in [0.717, 1.165) is 11.8 Å². The number of nitrogens with zero attached hydrogens (tertiary/aromatic N) is 2. The van der Waals surface area contributed by atoms with Gasteiger partial charge in [0.1, 0.15) is 11.9 Å². The summed E-state index contributed by atoms with van der Waals surface area (Å²) in [5.41, 5.74) is 2.04. The van der Waals surface area contributed by atoms with Gasteiger partial charge in [0.15, 0.2) is 0 Å². The molecule has 3 aromatic rings. The monoisotopic (exact) mass is 493 g/mol. The second-order valence-corrected chi connectivity index (χ2v) is 10.7. The van der Waals surface area contributed by atoms with E-state index in [1.165, 1.54) is 30.5 Å². The summed E-state index contributed by atoms with van der Waals surface area (Å²) in [6, 6.07) is 12.4. The Bertz CT molecular complexity index is 1350. The first-order valence-corrected chi connectivity index (χ1v) is 12.8. The third-order valence-electron chi connectivity index (χ3n) is 4.29. The van der Waals surface area contributed by atoms with E-state index >= 15 is 0 Å². The summed E-state index contributed by atoms with van der Waals surface area (Å²) in [7, 11) is -6.83. The Morgan fingerprint density at radius 2 is 1.55 bits per heavy atom. The van der Waals surface area contributed by atoms with Crippen LogP contribution in [0.2, 0.25) is 0 Å². The highest BCUT2D eigenvalue weighted by Gasteiger charge is 2.16. The summed E-state index contributed by atoms with van der Waals surface area (Å²) >= 11 is 0. The first kappa shape index (κ1) is 25.9. The molecule has 0 bridgehead atoms. The number of pyridine rings is 1. The smallest absolute Gasteiger partial charge is 0.295 e.